The van der Waals surface area contributed by atoms with Gasteiger partial charge in [0.15, 0.2) is 0 Å². The lowest BCUT2D eigenvalue weighted by Crippen LogP contribution is -2.22. The predicted molar refractivity (Wildman–Crippen MR) is 116 cm³/mol. The van der Waals surface area contributed by atoms with Crippen LogP contribution in [-0.2, 0) is 4.79 Å². The molecule has 3 rings (SSSR count). The fraction of sp³-hybridized carbons (Fsp3) is 0.158. The molecule has 1 heterocycles. The van der Waals surface area contributed by atoms with Gasteiger partial charge in [-0.25, -0.2) is 0 Å². The van der Waals surface area contributed by atoms with Crippen molar-refractivity contribution in [2.24, 2.45) is 0 Å². The molecule has 0 saturated heterocycles. The zero-order valence-electron chi connectivity index (χ0n) is 16.0. The van der Waals surface area contributed by atoms with Crippen LogP contribution in [0.1, 0.15) is 22.3 Å². The summed E-state index contributed by atoms with van der Waals surface area (Å²) >= 11 is 2.62. The summed E-state index contributed by atoms with van der Waals surface area (Å²) in [4.78, 5) is 35.9. The van der Waals surface area contributed by atoms with Crippen molar-refractivity contribution in [3.05, 3.63) is 69.2 Å². The maximum absolute atomic E-state index is 12.4. The average Bonchev–Trinajstić information content (AvgIpc) is 3.12. The lowest BCUT2D eigenvalue weighted by molar-refractivity contribution is -0.384. The van der Waals surface area contributed by atoms with Crippen molar-refractivity contribution in [1.29, 1.82) is 0 Å². The Morgan fingerprint density at radius 1 is 1.13 bits per heavy atom. The molecule has 154 valence electrons. The number of amides is 2. The Kier molecular flexibility index (Phi) is 6.75. The molecule has 0 saturated carbocycles. The summed E-state index contributed by atoms with van der Waals surface area (Å²) in [6.07, 6.45) is 0. The van der Waals surface area contributed by atoms with Gasteiger partial charge >= 0.3 is 0 Å². The maximum atomic E-state index is 12.4. The molecular weight excluding hydrogens is 426 g/mol. The molecule has 2 amide bonds. The van der Waals surface area contributed by atoms with Gasteiger partial charge in [-0.3, -0.25) is 25.0 Å². The fourth-order valence-electron chi connectivity index (χ4n) is 2.42. The first-order valence-corrected chi connectivity index (χ1v) is 10.4. The molecule has 0 fully saturated rings. The number of rotatable bonds is 7. The van der Waals surface area contributed by atoms with E-state index < -0.39 is 16.1 Å². The van der Waals surface area contributed by atoms with E-state index in [1.165, 1.54) is 47.4 Å². The second-order valence-corrected chi connectivity index (χ2v) is 8.76. The summed E-state index contributed by atoms with van der Waals surface area (Å²) < 4.78 is 0. The second kappa shape index (κ2) is 9.46. The highest BCUT2D eigenvalue weighted by Gasteiger charge is 2.17. The number of carbonyl (C=O) groups excluding carboxylic acids is 2. The maximum Gasteiger partial charge on any atom is 0.270 e. The number of aromatic nitrogens is 2. The first kappa shape index (κ1) is 21.4. The Bertz CT molecular complexity index is 1100. The second-order valence-electron chi connectivity index (χ2n) is 6.16. The largest absolute Gasteiger partial charge is 0.322 e. The number of non-ortho nitro benzene ring substituents is 1. The van der Waals surface area contributed by atoms with Gasteiger partial charge in [0.25, 0.3) is 11.6 Å². The molecule has 30 heavy (non-hydrogen) atoms. The third kappa shape index (κ3) is 5.61. The van der Waals surface area contributed by atoms with Crippen molar-refractivity contribution in [3.8, 4) is 0 Å². The van der Waals surface area contributed by atoms with Crippen molar-refractivity contribution in [2.75, 3.05) is 10.6 Å². The van der Waals surface area contributed by atoms with Gasteiger partial charge in [0.1, 0.15) is 5.01 Å². The van der Waals surface area contributed by atoms with Crippen LogP contribution in [-0.4, -0.2) is 32.2 Å². The molecule has 0 bridgehead atoms. The summed E-state index contributed by atoms with van der Waals surface area (Å²) in [5.74, 6) is -0.666. The van der Waals surface area contributed by atoms with Crippen LogP contribution < -0.4 is 10.6 Å². The van der Waals surface area contributed by atoms with E-state index >= 15 is 0 Å². The third-order valence-electron chi connectivity index (χ3n) is 3.85. The summed E-state index contributed by atoms with van der Waals surface area (Å²) in [7, 11) is 0. The fourth-order valence-corrected chi connectivity index (χ4v) is 3.94. The third-order valence-corrected chi connectivity index (χ3v) is 5.70. The molecule has 11 heteroatoms. The van der Waals surface area contributed by atoms with Crippen LogP contribution in [0.2, 0.25) is 0 Å². The Morgan fingerprint density at radius 2 is 1.90 bits per heavy atom. The van der Waals surface area contributed by atoms with Gasteiger partial charge in [-0.1, -0.05) is 23.5 Å². The first-order valence-electron chi connectivity index (χ1n) is 8.75. The van der Waals surface area contributed by atoms with Crippen LogP contribution >= 0.6 is 23.1 Å². The summed E-state index contributed by atoms with van der Waals surface area (Å²) in [6, 6.07) is 12.5. The van der Waals surface area contributed by atoms with Crippen molar-refractivity contribution < 1.29 is 14.5 Å². The SMILES string of the molecule is Cc1nnc(NC(=O)C(C)Sc2cccc(NC(=O)c3cccc([N+](=O)[O-])c3)c2)s1. The number of nitro benzene ring substituents is 1. The van der Waals surface area contributed by atoms with Crippen molar-refractivity contribution in [1.82, 2.24) is 10.2 Å². The predicted octanol–water partition coefficient (Wildman–Crippen LogP) is 4.13. The molecule has 3 aromatic rings. The molecule has 0 aliphatic rings. The van der Waals surface area contributed by atoms with E-state index in [0.29, 0.717) is 10.8 Å². The molecule has 0 spiro atoms. The summed E-state index contributed by atoms with van der Waals surface area (Å²) in [5.41, 5.74) is 0.545. The van der Waals surface area contributed by atoms with Gasteiger partial charge in [-0.15, -0.1) is 22.0 Å². The molecular formula is C19H17N5O4S2. The van der Waals surface area contributed by atoms with Crippen LogP contribution in [0, 0.1) is 17.0 Å². The number of hydrogen-bond donors (Lipinski definition) is 2. The van der Waals surface area contributed by atoms with E-state index in [0.717, 1.165) is 9.90 Å². The average molecular weight is 444 g/mol. The number of nitro groups is 1. The minimum absolute atomic E-state index is 0.155. The number of aryl methyl sites for hydroxylation is 1. The molecule has 0 aliphatic carbocycles. The lowest BCUT2D eigenvalue weighted by Gasteiger charge is -2.12. The quantitative estimate of drug-likeness (QED) is 0.319. The van der Waals surface area contributed by atoms with E-state index in [1.54, 1.807) is 32.0 Å². The lowest BCUT2D eigenvalue weighted by atomic mass is 10.2. The number of hydrogen-bond acceptors (Lipinski definition) is 8. The van der Waals surface area contributed by atoms with Gasteiger partial charge in [-0.05, 0) is 38.1 Å². The van der Waals surface area contributed by atoms with Crippen molar-refractivity contribution in [2.45, 2.75) is 24.0 Å². The Morgan fingerprint density at radius 3 is 2.60 bits per heavy atom. The van der Waals surface area contributed by atoms with Crippen LogP contribution in [0.15, 0.2) is 53.4 Å². The van der Waals surface area contributed by atoms with Gasteiger partial charge in [-0.2, -0.15) is 0 Å². The molecule has 1 atom stereocenters. The topological polar surface area (TPSA) is 127 Å². The van der Waals surface area contributed by atoms with Gasteiger partial charge in [0.05, 0.1) is 10.2 Å². The van der Waals surface area contributed by atoms with Gasteiger partial charge in [0.2, 0.25) is 11.0 Å². The Labute approximate surface area is 180 Å². The minimum atomic E-state index is -0.552. The van der Waals surface area contributed by atoms with Crippen molar-refractivity contribution >= 4 is 51.4 Å². The van der Waals surface area contributed by atoms with Crippen LogP contribution in [0.4, 0.5) is 16.5 Å². The zero-order chi connectivity index (χ0) is 21.7. The number of anilines is 2. The molecule has 2 N–H and O–H groups in total. The molecule has 0 aliphatic heterocycles. The molecule has 2 aromatic carbocycles. The Balaban J connectivity index is 1.64. The summed E-state index contributed by atoms with van der Waals surface area (Å²) in [5, 5.41) is 24.9. The van der Waals surface area contributed by atoms with E-state index in [2.05, 4.69) is 20.8 Å². The molecule has 0 radical (unpaired) electrons. The van der Waals surface area contributed by atoms with E-state index in [9.17, 15) is 19.7 Å². The number of carbonyl (C=O) groups is 2. The normalized spacial score (nSPS) is 11.5. The molecule has 1 aromatic heterocycles. The first-order chi connectivity index (χ1) is 14.3. The monoisotopic (exact) mass is 443 g/mol. The summed E-state index contributed by atoms with van der Waals surface area (Å²) in [6.45, 7) is 3.57. The number of benzene rings is 2. The number of nitrogens with one attached hydrogen (secondary N) is 2. The Hall–Kier alpha value is -3.31. The van der Waals surface area contributed by atoms with Gasteiger partial charge < -0.3 is 5.32 Å². The van der Waals surface area contributed by atoms with Crippen LogP contribution in [0.5, 0.6) is 0 Å². The number of nitrogens with zero attached hydrogens (tertiary/aromatic N) is 3. The minimum Gasteiger partial charge on any atom is -0.322 e. The van der Waals surface area contributed by atoms with E-state index in [1.807, 2.05) is 6.07 Å². The highest BCUT2D eigenvalue weighted by Crippen LogP contribution is 2.27. The molecule has 9 nitrogen and oxygen atoms in total. The molecule has 1 unspecified atom stereocenters. The zero-order valence-corrected chi connectivity index (χ0v) is 17.6. The standard InChI is InChI=1S/C19H17N5O4S2/c1-11(17(25)21-19-23-22-12(2)30-19)29-16-8-4-6-14(10-16)20-18(26)13-5-3-7-15(9-13)24(27)28/h3-11H,1-2H3,(H,20,26)(H,21,23,25). The highest BCUT2D eigenvalue weighted by atomic mass is 32.2. The van der Waals surface area contributed by atoms with Gasteiger partial charge in [0, 0.05) is 28.3 Å². The van der Waals surface area contributed by atoms with E-state index in [4.69, 9.17) is 0 Å². The van der Waals surface area contributed by atoms with Crippen LogP contribution in [0.3, 0.4) is 0 Å². The van der Waals surface area contributed by atoms with E-state index in [-0.39, 0.29) is 17.2 Å². The smallest absolute Gasteiger partial charge is 0.270 e. The van der Waals surface area contributed by atoms with Crippen LogP contribution in [0.25, 0.3) is 0 Å². The highest BCUT2D eigenvalue weighted by molar-refractivity contribution is 8.00. The van der Waals surface area contributed by atoms with Crippen molar-refractivity contribution in [3.63, 3.8) is 0 Å². The number of thioether (sulfide) groups is 1.